The fraction of sp³-hybridized carbons (Fsp3) is 1.00. The number of nitrogens with one attached hydrogen (secondary N) is 1. The fourth-order valence-corrected chi connectivity index (χ4v) is 5.57. The zero-order valence-corrected chi connectivity index (χ0v) is 13.6. The lowest BCUT2D eigenvalue weighted by Gasteiger charge is -2.45. The van der Waals surface area contributed by atoms with Crippen molar-refractivity contribution >= 4 is 0 Å². The average Bonchev–Trinajstić information content (AvgIpc) is 2.44. The van der Waals surface area contributed by atoms with E-state index in [0.717, 1.165) is 17.8 Å². The first kappa shape index (κ1) is 14.9. The van der Waals surface area contributed by atoms with E-state index in [2.05, 4.69) is 12.2 Å². The summed E-state index contributed by atoms with van der Waals surface area (Å²) >= 11 is 0. The van der Waals surface area contributed by atoms with Crippen molar-refractivity contribution in [2.45, 2.75) is 84.0 Å². The van der Waals surface area contributed by atoms with E-state index in [9.17, 15) is 0 Å². The predicted octanol–water partition coefficient (Wildman–Crippen LogP) is 5.15. The molecule has 1 heteroatoms. The van der Waals surface area contributed by atoms with Gasteiger partial charge in [-0.25, -0.2) is 0 Å². The minimum absolute atomic E-state index is 0.612. The molecule has 0 aromatic rings. The van der Waals surface area contributed by atoms with Crippen LogP contribution in [0.15, 0.2) is 0 Å². The summed E-state index contributed by atoms with van der Waals surface area (Å²) in [6.07, 6.45) is 18.0. The zero-order valence-electron chi connectivity index (χ0n) is 13.6. The Labute approximate surface area is 126 Å². The molecule has 0 aliphatic heterocycles. The van der Waals surface area contributed by atoms with Crippen LogP contribution in [0.4, 0.5) is 0 Å². The van der Waals surface area contributed by atoms with E-state index in [0.29, 0.717) is 5.41 Å². The Bertz CT molecular complexity index is 280. The van der Waals surface area contributed by atoms with Gasteiger partial charge in [0.1, 0.15) is 0 Å². The Morgan fingerprint density at radius 2 is 1.60 bits per heavy atom. The number of fused-ring (bicyclic) bond motifs is 2. The largest absolute Gasteiger partial charge is 0.316 e. The van der Waals surface area contributed by atoms with Gasteiger partial charge in [-0.1, -0.05) is 58.3 Å². The maximum atomic E-state index is 3.83. The third-order valence-electron chi connectivity index (χ3n) is 6.46. The summed E-state index contributed by atoms with van der Waals surface area (Å²) in [4.78, 5) is 0. The summed E-state index contributed by atoms with van der Waals surface area (Å²) in [6.45, 7) is 5.12. The molecule has 3 fully saturated rings. The zero-order chi connectivity index (χ0) is 13.8. The molecule has 116 valence electrons. The molecule has 0 radical (unpaired) electrons. The standard InChI is InChI=1S/C19H35N/c1-19(13-17-8-5-9-18(12-17)14-19)15-20-11-10-16-6-3-2-4-7-16/h16-18,20H,2-15H2,1H3. The topological polar surface area (TPSA) is 12.0 Å². The van der Waals surface area contributed by atoms with Gasteiger partial charge in [-0.05, 0) is 55.4 Å². The van der Waals surface area contributed by atoms with Gasteiger partial charge in [-0.3, -0.25) is 0 Å². The monoisotopic (exact) mass is 277 g/mol. The SMILES string of the molecule is CC1(CNCCC2CCCCC2)CC2CCCC(C2)C1. The minimum atomic E-state index is 0.612. The second-order valence-corrected chi connectivity index (χ2v) is 8.59. The molecule has 3 rings (SSSR count). The first-order valence-electron chi connectivity index (χ1n) is 9.44. The smallest absolute Gasteiger partial charge is 0.000537 e. The van der Waals surface area contributed by atoms with Gasteiger partial charge in [0.15, 0.2) is 0 Å². The van der Waals surface area contributed by atoms with Gasteiger partial charge >= 0.3 is 0 Å². The lowest BCUT2D eigenvalue weighted by atomic mass is 9.61. The Hall–Kier alpha value is -0.0400. The summed E-state index contributed by atoms with van der Waals surface area (Å²) in [5, 5.41) is 3.83. The summed E-state index contributed by atoms with van der Waals surface area (Å²) < 4.78 is 0. The van der Waals surface area contributed by atoms with E-state index >= 15 is 0 Å². The van der Waals surface area contributed by atoms with Crippen LogP contribution >= 0.6 is 0 Å². The molecule has 20 heavy (non-hydrogen) atoms. The van der Waals surface area contributed by atoms with E-state index in [1.165, 1.54) is 83.7 Å². The molecule has 0 spiro atoms. The molecule has 1 N–H and O–H groups in total. The second-order valence-electron chi connectivity index (χ2n) is 8.59. The third-order valence-corrected chi connectivity index (χ3v) is 6.46. The quantitative estimate of drug-likeness (QED) is 0.685. The van der Waals surface area contributed by atoms with Gasteiger partial charge in [-0.2, -0.15) is 0 Å². The van der Waals surface area contributed by atoms with E-state index in [1.54, 1.807) is 6.42 Å². The van der Waals surface area contributed by atoms with Crippen LogP contribution in [0.1, 0.15) is 84.0 Å². The summed E-state index contributed by atoms with van der Waals surface area (Å²) in [6, 6.07) is 0. The molecule has 0 aromatic carbocycles. The molecule has 3 aliphatic carbocycles. The Balaban J connectivity index is 1.36. The van der Waals surface area contributed by atoms with Crippen LogP contribution in [0.2, 0.25) is 0 Å². The average molecular weight is 277 g/mol. The normalized spacial score (nSPS) is 38.9. The Morgan fingerprint density at radius 1 is 0.900 bits per heavy atom. The van der Waals surface area contributed by atoms with Gasteiger partial charge in [0.05, 0.1) is 0 Å². The van der Waals surface area contributed by atoms with E-state index in [1.807, 2.05) is 0 Å². The second kappa shape index (κ2) is 6.81. The van der Waals surface area contributed by atoms with Gasteiger partial charge in [-0.15, -0.1) is 0 Å². The summed E-state index contributed by atoms with van der Waals surface area (Å²) in [5.41, 5.74) is 0.612. The maximum Gasteiger partial charge on any atom is 0.000537 e. The molecule has 0 aromatic heterocycles. The molecular formula is C19H35N. The van der Waals surface area contributed by atoms with Crippen LogP contribution in [0.5, 0.6) is 0 Å². The van der Waals surface area contributed by atoms with Crippen LogP contribution in [0.3, 0.4) is 0 Å². The highest BCUT2D eigenvalue weighted by Gasteiger charge is 2.38. The predicted molar refractivity (Wildman–Crippen MR) is 86.9 cm³/mol. The van der Waals surface area contributed by atoms with Crippen molar-refractivity contribution in [1.82, 2.24) is 5.32 Å². The lowest BCUT2D eigenvalue weighted by molar-refractivity contribution is 0.0680. The highest BCUT2D eigenvalue weighted by molar-refractivity contribution is 4.91. The van der Waals surface area contributed by atoms with Crippen LogP contribution in [-0.2, 0) is 0 Å². The molecule has 2 atom stereocenters. The van der Waals surface area contributed by atoms with Crippen molar-refractivity contribution in [1.29, 1.82) is 0 Å². The van der Waals surface area contributed by atoms with E-state index in [-0.39, 0.29) is 0 Å². The minimum Gasteiger partial charge on any atom is -0.316 e. The lowest BCUT2D eigenvalue weighted by Crippen LogP contribution is -2.41. The third kappa shape index (κ3) is 4.00. The molecule has 1 nitrogen and oxygen atoms in total. The maximum absolute atomic E-state index is 3.83. The van der Waals surface area contributed by atoms with Crippen LogP contribution in [0.25, 0.3) is 0 Å². The van der Waals surface area contributed by atoms with Crippen molar-refractivity contribution in [3.63, 3.8) is 0 Å². The van der Waals surface area contributed by atoms with Crippen molar-refractivity contribution < 1.29 is 0 Å². The molecule has 3 saturated carbocycles. The van der Waals surface area contributed by atoms with Crippen molar-refractivity contribution in [3.05, 3.63) is 0 Å². The molecule has 0 saturated heterocycles. The Kier molecular flexibility index (Phi) is 5.07. The van der Waals surface area contributed by atoms with Crippen LogP contribution < -0.4 is 5.32 Å². The number of rotatable bonds is 5. The van der Waals surface area contributed by atoms with Gasteiger partial charge in [0.2, 0.25) is 0 Å². The highest BCUT2D eigenvalue weighted by atomic mass is 14.9. The Morgan fingerprint density at radius 3 is 2.30 bits per heavy atom. The molecule has 2 unspecified atom stereocenters. The highest BCUT2D eigenvalue weighted by Crippen LogP contribution is 2.48. The van der Waals surface area contributed by atoms with E-state index in [4.69, 9.17) is 0 Å². The molecular weight excluding hydrogens is 242 g/mol. The van der Waals surface area contributed by atoms with Gasteiger partial charge < -0.3 is 5.32 Å². The van der Waals surface area contributed by atoms with Crippen LogP contribution in [-0.4, -0.2) is 13.1 Å². The fourth-order valence-electron chi connectivity index (χ4n) is 5.57. The number of hydrogen-bond acceptors (Lipinski definition) is 1. The first-order valence-corrected chi connectivity index (χ1v) is 9.44. The molecule has 3 aliphatic rings. The van der Waals surface area contributed by atoms with Gasteiger partial charge in [0.25, 0.3) is 0 Å². The van der Waals surface area contributed by atoms with E-state index < -0.39 is 0 Å². The van der Waals surface area contributed by atoms with Crippen molar-refractivity contribution in [2.75, 3.05) is 13.1 Å². The van der Waals surface area contributed by atoms with Crippen LogP contribution in [0, 0.1) is 23.2 Å². The molecule has 0 heterocycles. The summed E-state index contributed by atoms with van der Waals surface area (Å²) in [7, 11) is 0. The first-order chi connectivity index (χ1) is 9.73. The molecule has 2 bridgehead atoms. The van der Waals surface area contributed by atoms with Crippen molar-refractivity contribution in [3.8, 4) is 0 Å². The molecule has 0 amide bonds. The van der Waals surface area contributed by atoms with Crippen molar-refractivity contribution in [2.24, 2.45) is 23.2 Å². The van der Waals surface area contributed by atoms with Gasteiger partial charge in [0, 0.05) is 6.54 Å². The summed E-state index contributed by atoms with van der Waals surface area (Å²) in [5.74, 6) is 3.16. The number of hydrogen-bond donors (Lipinski definition) is 1.